The standard InChI is InChI=1S/C14H31N3O2/c18-12-3-1-2-5-15-7-8-16-6-4-9-17-10-13-19-14-11-17/h15-16,18H,1-14H2. The lowest BCUT2D eigenvalue weighted by atomic mass is 10.2. The Morgan fingerprint density at radius 1 is 0.842 bits per heavy atom. The Kier molecular flexibility index (Phi) is 11.4. The van der Waals surface area contributed by atoms with Crippen LogP contribution in [0.1, 0.15) is 25.7 Å². The van der Waals surface area contributed by atoms with E-state index < -0.39 is 0 Å². The minimum absolute atomic E-state index is 0.324. The number of nitrogens with zero attached hydrogens (tertiary/aromatic N) is 1. The van der Waals surface area contributed by atoms with Gasteiger partial charge in [0.05, 0.1) is 13.2 Å². The minimum atomic E-state index is 0.324. The van der Waals surface area contributed by atoms with Gasteiger partial charge in [0.1, 0.15) is 0 Å². The van der Waals surface area contributed by atoms with Crippen LogP contribution in [0.3, 0.4) is 0 Å². The quantitative estimate of drug-likeness (QED) is 0.439. The van der Waals surface area contributed by atoms with Gasteiger partial charge in [0.2, 0.25) is 0 Å². The van der Waals surface area contributed by atoms with Gasteiger partial charge in [-0.3, -0.25) is 4.90 Å². The Morgan fingerprint density at radius 2 is 1.53 bits per heavy atom. The lowest BCUT2D eigenvalue weighted by Gasteiger charge is -2.26. The van der Waals surface area contributed by atoms with Gasteiger partial charge >= 0.3 is 0 Å². The summed E-state index contributed by atoms with van der Waals surface area (Å²) in [6.45, 7) is 9.74. The van der Waals surface area contributed by atoms with Crippen LogP contribution >= 0.6 is 0 Å². The Morgan fingerprint density at radius 3 is 2.21 bits per heavy atom. The van der Waals surface area contributed by atoms with E-state index in [0.29, 0.717) is 6.61 Å². The van der Waals surface area contributed by atoms with Crippen LogP contribution in [0.15, 0.2) is 0 Å². The van der Waals surface area contributed by atoms with E-state index >= 15 is 0 Å². The van der Waals surface area contributed by atoms with E-state index in [1.807, 2.05) is 0 Å². The molecule has 0 aromatic rings. The van der Waals surface area contributed by atoms with Crippen molar-refractivity contribution in [1.82, 2.24) is 15.5 Å². The number of ether oxygens (including phenoxy) is 1. The molecule has 1 aliphatic rings. The Labute approximate surface area is 117 Å². The van der Waals surface area contributed by atoms with Crippen molar-refractivity contribution in [3.05, 3.63) is 0 Å². The zero-order valence-electron chi connectivity index (χ0n) is 12.2. The largest absolute Gasteiger partial charge is 0.396 e. The molecule has 1 fully saturated rings. The van der Waals surface area contributed by atoms with Crippen LogP contribution in [-0.4, -0.2) is 75.6 Å². The summed E-state index contributed by atoms with van der Waals surface area (Å²) in [6, 6.07) is 0. The molecule has 0 aromatic carbocycles. The molecule has 1 heterocycles. The van der Waals surface area contributed by atoms with Crippen molar-refractivity contribution in [1.29, 1.82) is 0 Å². The summed E-state index contributed by atoms with van der Waals surface area (Å²) in [5, 5.41) is 15.5. The molecule has 0 radical (unpaired) electrons. The van der Waals surface area contributed by atoms with Crippen molar-refractivity contribution in [3.63, 3.8) is 0 Å². The molecule has 1 saturated heterocycles. The van der Waals surface area contributed by atoms with Crippen LogP contribution in [0.4, 0.5) is 0 Å². The summed E-state index contributed by atoms with van der Waals surface area (Å²) < 4.78 is 5.33. The van der Waals surface area contributed by atoms with Crippen LogP contribution < -0.4 is 10.6 Å². The zero-order valence-corrected chi connectivity index (χ0v) is 12.2. The van der Waals surface area contributed by atoms with E-state index in [0.717, 1.165) is 71.7 Å². The molecule has 1 rings (SSSR count). The van der Waals surface area contributed by atoms with Gasteiger partial charge < -0.3 is 20.5 Å². The third-order valence-electron chi connectivity index (χ3n) is 3.42. The normalized spacial score (nSPS) is 16.9. The van der Waals surface area contributed by atoms with E-state index in [9.17, 15) is 0 Å². The summed E-state index contributed by atoms with van der Waals surface area (Å²) in [5.41, 5.74) is 0. The first kappa shape index (κ1) is 16.9. The van der Waals surface area contributed by atoms with Crippen LogP contribution in [0, 0.1) is 0 Å². The third-order valence-corrected chi connectivity index (χ3v) is 3.42. The Hall–Kier alpha value is -0.200. The van der Waals surface area contributed by atoms with Crippen LogP contribution in [0.5, 0.6) is 0 Å². The van der Waals surface area contributed by atoms with Gasteiger partial charge in [0.25, 0.3) is 0 Å². The highest BCUT2D eigenvalue weighted by atomic mass is 16.5. The molecule has 0 atom stereocenters. The number of hydrogen-bond acceptors (Lipinski definition) is 5. The van der Waals surface area contributed by atoms with Gasteiger partial charge in [-0.05, 0) is 45.3 Å². The SMILES string of the molecule is OCCCCCNCCNCCCN1CCOCC1. The van der Waals surface area contributed by atoms with Crippen molar-refractivity contribution in [2.45, 2.75) is 25.7 Å². The highest BCUT2D eigenvalue weighted by molar-refractivity contribution is 4.62. The molecule has 0 spiro atoms. The van der Waals surface area contributed by atoms with E-state index in [2.05, 4.69) is 15.5 Å². The van der Waals surface area contributed by atoms with Crippen molar-refractivity contribution in [3.8, 4) is 0 Å². The second kappa shape index (κ2) is 12.8. The topological polar surface area (TPSA) is 56.8 Å². The molecule has 5 nitrogen and oxygen atoms in total. The molecule has 114 valence electrons. The molecular weight excluding hydrogens is 242 g/mol. The average molecular weight is 273 g/mol. The predicted octanol–water partition coefficient (Wildman–Crippen LogP) is 0.0505. The van der Waals surface area contributed by atoms with Crippen LogP contribution in [0.2, 0.25) is 0 Å². The summed E-state index contributed by atoms with van der Waals surface area (Å²) in [6.07, 6.45) is 4.44. The number of hydrogen-bond donors (Lipinski definition) is 3. The first-order valence-electron chi connectivity index (χ1n) is 7.76. The molecule has 0 aromatic heterocycles. The molecule has 0 amide bonds. The first-order valence-corrected chi connectivity index (χ1v) is 7.76. The summed E-state index contributed by atoms with van der Waals surface area (Å²) in [5.74, 6) is 0. The summed E-state index contributed by atoms with van der Waals surface area (Å²) in [4.78, 5) is 2.48. The van der Waals surface area contributed by atoms with Gasteiger partial charge in [-0.2, -0.15) is 0 Å². The highest BCUT2D eigenvalue weighted by Gasteiger charge is 2.08. The fraction of sp³-hybridized carbons (Fsp3) is 1.00. The first-order chi connectivity index (χ1) is 9.43. The van der Waals surface area contributed by atoms with Crippen molar-refractivity contribution in [2.75, 3.05) is 65.6 Å². The lowest BCUT2D eigenvalue weighted by Crippen LogP contribution is -2.38. The number of unbranched alkanes of at least 4 members (excludes halogenated alkanes) is 2. The van der Waals surface area contributed by atoms with Gasteiger partial charge in [-0.25, -0.2) is 0 Å². The highest BCUT2D eigenvalue weighted by Crippen LogP contribution is 1.97. The maximum absolute atomic E-state index is 8.64. The second-order valence-electron chi connectivity index (χ2n) is 5.09. The van der Waals surface area contributed by atoms with Gasteiger partial charge in [-0.15, -0.1) is 0 Å². The number of aliphatic hydroxyl groups is 1. The monoisotopic (exact) mass is 273 g/mol. The van der Waals surface area contributed by atoms with Crippen molar-refractivity contribution >= 4 is 0 Å². The zero-order chi connectivity index (χ0) is 13.6. The number of aliphatic hydroxyl groups excluding tert-OH is 1. The lowest BCUT2D eigenvalue weighted by molar-refractivity contribution is 0.0375. The van der Waals surface area contributed by atoms with Crippen LogP contribution in [0.25, 0.3) is 0 Å². The van der Waals surface area contributed by atoms with E-state index in [4.69, 9.17) is 9.84 Å². The van der Waals surface area contributed by atoms with Gasteiger partial charge in [-0.1, -0.05) is 0 Å². The molecule has 0 aliphatic carbocycles. The molecule has 0 saturated carbocycles. The maximum Gasteiger partial charge on any atom is 0.0594 e. The molecule has 0 bridgehead atoms. The summed E-state index contributed by atoms with van der Waals surface area (Å²) >= 11 is 0. The van der Waals surface area contributed by atoms with Crippen molar-refractivity contribution < 1.29 is 9.84 Å². The maximum atomic E-state index is 8.64. The van der Waals surface area contributed by atoms with E-state index in [1.54, 1.807) is 0 Å². The summed E-state index contributed by atoms with van der Waals surface area (Å²) in [7, 11) is 0. The molecule has 5 heteroatoms. The van der Waals surface area contributed by atoms with Crippen LogP contribution in [-0.2, 0) is 4.74 Å². The Balaban J connectivity index is 1.71. The molecule has 19 heavy (non-hydrogen) atoms. The minimum Gasteiger partial charge on any atom is -0.396 e. The molecule has 1 aliphatic heterocycles. The van der Waals surface area contributed by atoms with E-state index in [-0.39, 0.29) is 0 Å². The van der Waals surface area contributed by atoms with Gasteiger partial charge in [0.15, 0.2) is 0 Å². The van der Waals surface area contributed by atoms with Gasteiger partial charge in [0, 0.05) is 32.8 Å². The molecule has 3 N–H and O–H groups in total. The number of rotatable bonds is 12. The Bertz CT molecular complexity index is 188. The smallest absolute Gasteiger partial charge is 0.0594 e. The second-order valence-corrected chi connectivity index (χ2v) is 5.09. The average Bonchev–Trinajstić information content (AvgIpc) is 2.46. The fourth-order valence-electron chi connectivity index (χ4n) is 2.22. The number of nitrogens with one attached hydrogen (secondary N) is 2. The number of morpholine rings is 1. The fourth-order valence-corrected chi connectivity index (χ4v) is 2.22. The predicted molar refractivity (Wildman–Crippen MR) is 78.6 cm³/mol. The molecule has 0 unspecified atom stereocenters. The van der Waals surface area contributed by atoms with E-state index in [1.165, 1.54) is 13.0 Å². The third kappa shape index (κ3) is 10.3. The molecular formula is C14H31N3O2. The van der Waals surface area contributed by atoms with Crippen molar-refractivity contribution in [2.24, 2.45) is 0 Å².